The zero-order chi connectivity index (χ0) is 14.7. The highest BCUT2D eigenvalue weighted by atomic mass is 35.5. The second-order valence-corrected chi connectivity index (χ2v) is 5.56. The predicted molar refractivity (Wildman–Crippen MR) is 79.9 cm³/mol. The van der Waals surface area contributed by atoms with E-state index in [1.165, 1.54) is 0 Å². The summed E-state index contributed by atoms with van der Waals surface area (Å²) in [7, 11) is 0. The van der Waals surface area contributed by atoms with Crippen molar-refractivity contribution in [3.05, 3.63) is 5.28 Å². The van der Waals surface area contributed by atoms with Crippen LogP contribution in [0.15, 0.2) is 0 Å². The lowest BCUT2D eigenvalue weighted by atomic mass is 9.89. The lowest BCUT2D eigenvalue weighted by molar-refractivity contribution is 0.00285. The molecule has 3 rings (SSSR count). The van der Waals surface area contributed by atoms with Crippen molar-refractivity contribution in [3.63, 3.8) is 0 Å². The first kappa shape index (κ1) is 14.7. The summed E-state index contributed by atoms with van der Waals surface area (Å²) in [4.78, 5) is 14.9. The summed E-state index contributed by atoms with van der Waals surface area (Å²) >= 11 is 6.01. The molecule has 8 heteroatoms. The molecule has 1 saturated heterocycles. The lowest BCUT2D eigenvalue weighted by Crippen LogP contribution is -2.41. The Labute approximate surface area is 129 Å². The summed E-state index contributed by atoms with van der Waals surface area (Å²) in [6.07, 6.45) is 2.30. The van der Waals surface area contributed by atoms with Gasteiger partial charge in [0.2, 0.25) is 17.2 Å². The van der Waals surface area contributed by atoms with Gasteiger partial charge in [-0.3, -0.25) is 0 Å². The highest BCUT2D eigenvalue weighted by molar-refractivity contribution is 6.28. The van der Waals surface area contributed by atoms with Crippen molar-refractivity contribution in [1.82, 2.24) is 15.0 Å². The molecule has 0 radical (unpaired) electrons. The molecule has 0 spiro atoms. The zero-order valence-corrected chi connectivity index (χ0v) is 12.8. The van der Waals surface area contributed by atoms with Gasteiger partial charge in [0.25, 0.3) is 0 Å². The van der Waals surface area contributed by atoms with E-state index in [-0.39, 0.29) is 5.28 Å². The highest BCUT2D eigenvalue weighted by Crippen LogP contribution is 2.26. The third-order valence-electron chi connectivity index (χ3n) is 3.72. The highest BCUT2D eigenvalue weighted by Gasteiger charge is 2.30. The first-order valence-electron chi connectivity index (χ1n) is 7.37. The van der Waals surface area contributed by atoms with E-state index in [2.05, 4.69) is 25.2 Å². The molecule has 1 aromatic heterocycles. The van der Waals surface area contributed by atoms with Crippen LogP contribution in [0.3, 0.4) is 0 Å². The van der Waals surface area contributed by atoms with Gasteiger partial charge in [-0.05, 0) is 31.4 Å². The fourth-order valence-electron chi connectivity index (χ4n) is 2.55. The van der Waals surface area contributed by atoms with Gasteiger partial charge in [-0.1, -0.05) is 0 Å². The van der Waals surface area contributed by atoms with E-state index in [1.807, 2.05) is 6.92 Å². The van der Waals surface area contributed by atoms with Gasteiger partial charge in [0.1, 0.15) is 0 Å². The monoisotopic (exact) mass is 313 g/mol. The van der Waals surface area contributed by atoms with Crippen LogP contribution >= 0.6 is 11.6 Å². The van der Waals surface area contributed by atoms with Crippen molar-refractivity contribution in [2.45, 2.75) is 31.9 Å². The Morgan fingerprint density at radius 3 is 2.76 bits per heavy atom. The largest absolute Gasteiger partial charge is 0.378 e. The Bertz CT molecular complexity index is 478. The fraction of sp³-hybridized carbons (Fsp3) is 0.769. The van der Waals surface area contributed by atoms with Gasteiger partial charge >= 0.3 is 0 Å². The molecule has 1 aliphatic carbocycles. The summed E-state index contributed by atoms with van der Waals surface area (Å²) in [5.41, 5.74) is 0. The molecular weight excluding hydrogens is 294 g/mol. The number of ether oxygens (including phenoxy) is 2. The van der Waals surface area contributed by atoms with Crippen LogP contribution in [0.25, 0.3) is 0 Å². The third-order valence-corrected chi connectivity index (χ3v) is 3.89. The number of hydrogen-bond acceptors (Lipinski definition) is 7. The van der Waals surface area contributed by atoms with Crippen molar-refractivity contribution in [2.24, 2.45) is 0 Å². The van der Waals surface area contributed by atoms with Crippen LogP contribution in [0.5, 0.6) is 0 Å². The van der Waals surface area contributed by atoms with E-state index >= 15 is 0 Å². The van der Waals surface area contributed by atoms with Gasteiger partial charge in [0.05, 0.1) is 19.3 Å². The maximum Gasteiger partial charge on any atom is 0.231 e. The number of anilines is 2. The van der Waals surface area contributed by atoms with Gasteiger partial charge in [0.15, 0.2) is 0 Å². The number of hydrogen-bond donors (Lipinski definition) is 1. The Balaban J connectivity index is 1.61. The molecular formula is C13H20ClN5O2. The zero-order valence-electron chi connectivity index (χ0n) is 12.1. The molecule has 0 aromatic carbocycles. The summed E-state index contributed by atoms with van der Waals surface area (Å²) < 4.78 is 10.9. The van der Waals surface area contributed by atoms with Crippen LogP contribution in [-0.2, 0) is 9.47 Å². The molecule has 0 bridgehead atoms. The molecule has 1 aromatic rings. The summed E-state index contributed by atoms with van der Waals surface area (Å²) in [6, 6.07) is 0.345. The average molecular weight is 314 g/mol. The number of rotatable bonds is 5. The SMILES string of the molecule is CCOC1CC(Nc2nc(Cl)nc(N3CCOCC3)n2)C1. The summed E-state index contributed by atoms with van der Waals surface area (Å²) in [6.45, 7) is 5.69. The molecule has 2 aliphatic rings. The first-order valence-corrected chi connectivity index (χ1v) is 7.75. The fourth-order valence-corrected chi connectivity index (χ4v) is 2.70. The molecule has 1 saturated carbocycles. The second kappa shape index (κ2) is 6.72. The Hall–Kier alpha value is -1.18. The van der Waals surface area contributed by atoms with Crippen LogP contribution in [-0.4, -0.2) is 60.0 Å². The number of nitrogens with zero attached hydrogens (tertiary/aromatic N) is 4. The van der Waals surface area contributed by atoms with Crippen LogP contribution in [0, 0.1) is 0 Å². The molecule has 7 nitrogen and oxygen atoms in total. The molecule has 1 aliphatic heterocycles. The van der Waals surface area contributed by atoms with Gasteiger partial charge in [-0.15, -0.1) is 0 Å². The minimum absolute atomic E-state index is 0.217. The van der Waals surface area contributed by atoms with Gasteiger partial charge in [-0.25, -0.2) is 0 Å². The smallest absolute Gasteiger partial charge is 0.231 e. The molecule has 116 valence electrons. The second-order valence-electron chi connectivity index (χ2n) is 5.22. The summed E-state index contributed by atoms with van der Waals surface area (Å²) in [5, 5.41) is 3.52. The van der Waals surface area contributed by atoms with Crippen LogP contribution in [0.1, 0.15) is 19.8 Å². The van der Waals surface area contributed by atoms with E-state index in [4.69, 9.17) is 21.1 Å². The molecule has 21 heavy (non-hydrogen) atoms. The van der Waals surface area contributed by atoms with E-state index in [0.29, 0.717) is 37.3 Å². The van der Waals surface area contributed by atoms with Crippen molar-refractivity contribution in [1.29, 1.82) is 0 Å². The van der Waals surface area contributed by atoms with E-state index in [9.17, 15) is 0 Å². The number of aromatic nitrogens is 3. The van der Waals surface area contributed by atoms with Crippen molar-refractivity contribution in [2.75, 3.05) is 43.1 Å². The van der Waals surface area contributed by atoms with Crippen molar-refractivity contribution < 1.29 is 9.47 Å². The van der Waals surface area contributed by atoms with Crippen molar-refractivity contribution in [3.8, 4) is 0 Å². The first-order chi connectivity index (χ1) is 10.2. The Morgan fingerprint density at radius 1 is 1.29 bits per heavy atom. The molecule has 1 N–H and O–H groups in total. The van der Waals surface area contributed by atoms with Gasteiger partial charge in [-0.2, -0.15) is 15.0 Å². The summed E-state index contributed by atoms with van der Waals surface area (Å²) in [5.74, 6) is 1.15. The topological polar surface area (TPSA) is 72.4 Å². The van der Waals surface area contributed by atoms with Crippen molar-refractivity contribution >= 4 is 23.5 Å². The molecule has 2 fully saturated rings. The normalized spacial score (nSPS) is 25.5. The van der Waals surface area contributed by atoms with Gasteiger partial charge in [0, 0.05) is 25.7 Å². The maximum atomic E-state index is 6.01. The maximum absolute atomic E-state index is 6.01. The van der Waals surface area contributed by atoms with E-state index < -0.39 is 0 Å². The third kappa shape index (κ3) is 3.72. The quantitative estimate of drug-likeness (QED) is 0.879. The minimum Gasteiger partial charge on any atom is -0.378 e. The molecule has 0 atom stereocenters. The predicted octanol–water partition coefficient (Wildman–Crippen LogP) is 1.34. The molecule has 0 unspecified atom stereocenters. The van der Waals surface area contributed by atoms with E-state index in [1.54, 1.807) is 0 Å². The Kier molecular flexibility index (Phi) is 4.72. The van der Waals surface area contributed by atoms with Crippen LogP contribution < -0.4 is 10.2 Å². The van der Waals surface area contributed by atoms with Crippen LogP contribution in [0.2, 0.25) is 5.28 Å². The molecule has 0 amide bonds. The van der Waals surface area contributed by atoms with Crippen LogP contribution in [0.4, 0.5) is 11.9 Å². The average Bonchev–Trinajstić information content (AvgIpc) is 2.45. The minimum atomic E-state index is 0.217. The lowest BCUT2D eigenvalue weighted by Gasteiger charge is -2.35. The number of morpholine rings is 1. The standard InChI is InChI=1S/C13H20ClN5O2/c1-2-21-10-7-9(8-10)15-12-16-11(14)17-13(18-12)19-3-5-20-6-4-19/h9-10H,2-8H2,1H3,(H,15,16,17,18). The number of nitrogens with one attached hydrogen (secondary N) is 1. The number of halogens is 1. The van der Waals surface area contributed by atoms with E-state index in [0.717, 1.165) is 32.5 Å². The molecule has 2 heterocycles. The van der Waals surface area contributed by atoms with Gasteiger partial charge < -0.3 is 19.7 Å². The Morgan fingerprint density at radius 2 is 2.05 bits per heavy atom.